The molecule has 0 amide bonds. The van der Waals surface area contributed by atoms with E-state index in [0.717, 1.165) is 32.3 Å². The lowest BCUT2D eigenvalue weighted by Crippen LogP contribution is -2.31. The molecule has 1 aliphatic carbocycles. The molecule has 0 radical (unpaired) electrons. The average molecular weight is 200 g/mol. The Morgan fingerprint density at radius 1 is 1.21 bits per heavy atom. The van der Waals surface area contributed by atoms with Crippen molar-refractivity contribution in [3.8, 4) is 0 Å². The molecular weight excluding hydrogens is 180 g/mol. The Labute approximate surface area is 85.4 Å². The molecule has 4 unspecified atom stereocenters. The molecule has 0 bridgehead atoms. The van der Waals surface area contributed by atoms with Crippen molar-refractivity contribution in [3.05, 3.63) is 0 Å². The van der Waals surface area contributed by atoms with Crippen molar-refractivity contribution < 1.29 is 14.6 Å². The SMILES string of the molecule is CC1C(O)CCC1OC1CCCCO1. The minimum absolute atomic E-state index is 0.0125. The van der Waals surface area contributed by atoms with Crippen molar-refractivity contribution in [1.29, 1.82) is 0 Å². The Hall–Kier alpha value is -0.120. The second-order valence-corrected chi connectivity index (χ2v) is 4.47. The fraction of sp³-hybridized carbons (Fsp3) is 1.00. The van der Waals surface area contributed by atoms with Crippen molar-refractivity contribution in [2.24, 2.45) is 5.92 Å². The molecule has 3 nitrogen and oxygen atoms in total. The van der Waals surface area contributed by atoms with Gasteiger partial charge in [0.1, 0.15) is 0 Å². The number of hydrogen-bond acceptors (Lipinski definition) is 3. The normalized spacial score (nSPS) is 44.1. The molecule has 14 heavy (non-hydrogen) atoms. The predicted octanol–water partition coefficient (Wildman–Crippen LogP) is 1.69. The maximum atomic E-state index is 9.58. The van der Waals surface area contributed by atoms with E-state index in [1.165, 1.54) is 6.42 Å². The van der Waals surface area contributed by atoms with Crippen LogP contribution in [0.1, 0.15) is 39.0 Å². The molecular formula is C11H20O3. The van der Waals surface area contributed by atoms with Gasteiger partial charge in [-0.1, -0.05) is 6.92 Å². The molecule has 1 saturated carbocycles. The first kappa shape index (κ1) is 10.4. The number of rotatable bonds is 2. The number of hydrogen-bond donors (Lipinski definition) is 1. The molecule has 1 heterocycles. The van der Waals surface area contributed by atoms with E-state index in [0.29, 0.717) is 0 Å². The van der Waals surface area contributed by atoms with Gasteiger partial charge in [-0.2, -0.15) is 0 Å². The van der Waals surface area contributed by atoms with Gasteiger partial charge in [0.2, 0.25) is 0 Å². The third kappa shape index (κ3) is 2.27. The van der Waals surface area contributed by atoms with Crippen LogP contribution in [0.5, 0.6) is 0 Å². The highest BCUT2D eigenvalue weighted by Crippen LogP contribution is 2.30. The third-order valence-electron chi connectivity index (χ3n) is 3.40. The summed E-state index contributed by atoms with van der Waals surface area (Å²) >= 11 is 0. The maximum absolute atomic E-state index is 9.58. The Bertz CT molecular complexity index is 177. The van der Waals surface area contributed by atoms with Crippen LogP contribution < -0.4 is 0 Å². The van der Waals surface area contributed by atoms with Gasteiger partial charge in [0.05, 0.1) is 12.2 Å². The Balaban J connectivity index is 1.79. The molecule has 0 spiro atoms. The summed E-state index contributed by atoms with van der Waals surface area (Å²) in [6.07, 6.45) is 5.23. The monoisotopic (exact) mass is 200 g/mol. The van der Waals surface area contributed by atoms with Crippen LogP contribution in [0.25, 0.3) is 0 Å². The Kier molecular flexibility index (Phi) is 3.42. The van der Waals surface area contributed by atoms with Crippen LogP contribution in [-0.2, 0) is 9.47 Å². The maximum Gasteiger partial charge on any atom is 0.157 e. The minimum atomic E-state index is -0.177. The van der Waals surface area contributed by atoms with Gasteiger partial charge < -0.3 is 14.6 Å². The van der Waals surface area contributed by atoms with Gasteiger partial charge in [-0.15, -0.1) is 0 Å². The van der Waals surface area contributed by atoms with Crippen LogP contribution in [0.15, 0.2) is 0 Å². The molecule has 82 valence electrons. The molecule has 2 rings (SSSR count). The summed E-state index contributed by atoms with van der Waals surface area (Å²) in [4.78, 5) is 0. The minimum Gasteiger partial charge on any atom is -0.393 e. The highest BCUT2D eigenvalue weighted by atomic mass is 16.7. The van der Waals surface area contributed by atoms with Crippen LogP contribution in [0.2, 0.25) is 0 Å². The zero-order valence-electron chi connectivity index (χ0n) is 8.82. The van der Waals surface area contributed by atoms with Crippen molar-refractivity contribution in [3.63, 3.8) is 0 Å². The molecule has 2 fully saturated rings. The molecule has 4 atom stereocenters. The molecule has 1 saturated heterocycles. The Morgan fingerprint density at radius 3 is 2.64 bits per heavy atom. The number of aliphatic hydroxyl groups excluding tert-OH is 1. The first-order chi connectivity index (χ1) is 6.77. The number of ether oxygens (including phenoxy) is 2. The Morgan fingerprint density at radius 2 is 2.07 bits per heavy atom. The van der Waals surface area contributed by atoms with Crippen molar-refractivity contribution in [2.75, 3.05) is 6.61 Å². The van der Waals surface area contributed by atoms with Gasteiger partial charge in [-0.25, -0.2) is 0 Å². The second kappa shape index (κ2) is 4.60. The van der Waals surface area contributed by atoms with Crippen LogP contribution in [-0.4, -0.2) is 30.2 Å². The van der Waals surface area contributed by atoms with E-state index in [2.05, 4.69) is 6.92 Å². The summed E-state index contributed by atoms with van der Waals surface area (Å²) in [5.41, 5.74) is 0. The van der Waals surface area contributed by atoms with Gasteiger partial charge in [0, 0.05) is 12.5 Å². The van der Waals surface area contributed by atoms with Gasteiger partial charge in [0.25, 0.3) is 0 Å². The van der Waals surface area contributed by atoms with Gasteiger partial charge >= 0.3 is 0 Å². The molecule has 2 aliphatic rings. The summed E-state index contributed by atoms with van der Waals surface area (Å²) in [6, 6.07) is 0. The largest absolute Gasteiger partial charge is 0.393 e. The standard InChI is InChI=1S/C11H20O3/c1-8-9(12)5-6-10(8)14-11-4-2-3-7-13-11/h8-12H,2-7H2,1H3. The van der Waals surface area contributed by atoms with E-state index in [1.807, 2.05) is 0 Å². The first-order valence-electron chi connectivity index (χ1n) is 5.72. The lowest BCUT2D eigenvalue weighted by atomic mass is 10.1. The molecule has 0 aromatic heterocycles. The molecule has 0 aromatic carbocycles. The van der Waals surface area contributed by atoms with E-state index in [9.17, 15) is 5.11 Å². The quantitative estimate of drug-likeness (QED) is 0.737. The fourth-order valence-corrected chi connectivity index (χ4v) is 2.31. The van der Waals surface area contributed by atoms with E-state index in [4.69, 9.17) is 9.47 Å². The highest BCUT2D eigenvalue weighted by molar-refractivity contribution is 4.82. The van der Waals surface area contributed by atoms with E-state index in [1.54, 1.807) is 0 Å². The van der Waals surface area contributed by atoms with Gasteiger partial charge in [-0.3, -0.25) is 0 Å². The van der Waals surface area contributed by atoms with E-state index in [-0.39, 0.29) is 24.4 Å². The number of aliphatic hydroxyl groups is 1. The van der Waals surface area contributed by atoms with Gasteiger partial charge in [-0.05, 0) is 32.1 Å². The summed E-state index contributed by atoms with van der Waals surface area (Å²) in [6.45, 7) is 2.89. The molecule has 3 heteroatoms. The van der Waals surface area contributed by atoms with Crippen LogP contribution in [0.4, 0.5) is 0 Å². The molecule has 1 N–H and O–H groups in total. The molecule has 0 aromatic rings. The second-order valence-electron chi connectivity index (χ2n) is 4.47. The summed E-state index contributed by atoms with van der Waals surface area (Å²) in [7, 11) is 0. The van der Waals surface area contributed by atoms with E-state index < -0.39 is 0 Å². The lowest BCUT2D eigenvalue weighted by Gasteiger charge is -2.28. The lowest BCUT2D eigenvalue weighted by molar-refractivity contribution is -0.195. The highest BCUT2D eigenvalue weighted by Gasteiger charge is 2.34. The first-order valence-corrected chi connectivity index (χ1v) is 5.72. The van der Waals surface area contributed by atoms with Crippen molar-refractivity contribution >= 4 is 0 Å². The van der Waals surface area contributed by atoms with E-state index >= 15 is 0 Å². The van der Waals surface area contributed by atoms with Crippen molar-refractivity contribution in [2.45, 2.75) is 57.5 Å². The summed E-state index contributed by atoms with van der Waals surface area (Å²) < 4.78 is 11.4. The fourth-order valence-electron chi connectivity index (χ4n) is 2.31. The third-order valence-corrected chi connectivity index (χ3v) is 3.40. The van der Waals surface area contributed by atoms with Crippen LogP contribution in [0.3, 0.4) is 0 Å². The zero-order valence-corrected chi connectivity index (χ0v) is 8.82. The average Bonchev–Trinajstić information content (AvgIpc) is 2.52. The summed E-state index contributed by atoms with van der Waals surface area (Å²) in [5.74, 6) is 0.264. The molecule has 1 aliphatic heterocycles. The predicted molar refractivity (Wildman–Crippen MR) is 52.9 cm³/mol. The van der Waals surface area contributed by atoms with Crippen molar-refractivity contribution in [1.82, 2.24) is 0 Å². The summed E-state index contributed by atoms with van der Waals surface area (Å²) in [5, 5.41) is 9.58. The topological polar surface area (TPSA) is 38.7 Å². The van der Waals surface area contributed by atoms with Crippen LogP contribution in [0, 0.1) is 5.92 Å². The van der Waals surface area contributed by atoms with Gasteiger partial charge in [0.15, 0.2) is 6.29 Å². The van der Waals surface area contributed by atoms with Crippen LogP contribution >= 0.6 is 0 Å². The smallest absolute Gasteiger partial charge is 0.157 e. The zero-order chi connectivity index (χ0) is 9.97.